The van der Waals surface area contributed by atoms with Crippen LogP contribution >= 0.6 is 11.8 Å². The van der Waals surface area contributed by atoms with Crippen LogP contribution in [0.4, 0.5) is 0 Å². The second-order valence-corrected chi connectivity index (χ2v) is 6.02. The number of rotatable bonds is 10. The molecule has 0 saturated carbocycles. The lowest BCUT2D eigenvalue weighted by molar-refractivity contribution is 0.160. The van der Waals surface area contributed by atoms with Gasteiger partial charge in [0.25, 0.3) is 0 Å². The van der Waals surface area contributed by atoms with E-state index in [-0.39, 0.29) is 6.10 Å². The standard InChI is InChI=1S/C17H28OS/c1-3-4-5-6-7-8-9-13-16(18)15-12-10-11-14-17(15)19-2/h10-12,14,16,18H,3-9,13H2,1-2H3. The first-order chi connectivity index (χ1) is 9.29. The molecule has 0 bridgehead atoms. The third-order valence-electron chi connectivity index (χ3n) is 3.58. The molecular formula is C17H28OS. The van der Waals surface area contributed by atoms with Gasteiger partial charge in [-0.05, 0) is 24.3 Å². The molecule has 1 atom stereocenters. The summed E-state index contributed by atoms with van der Waals surface area (Å²) in [5.74, 6) is 0. The van der Waals surface area contributed by atoms with E-state index in [1.165, 1.54) is 43.4 Å². The van der Waals surface area contributed by atoms with E-state index in [1.807, 2.05) is 12.1 Å². The van der Waals surface area contributed by atoms with Crippen molar-refractivity contribution in [3.8, 4) is 0 Å². The number of hydrogen-bond acceptors (Lipinski definition) is 2. The van der Waals surface area contributed by atoms with Crippen LogP contribution in [-0.2, 0) is 0 Å². The summed E-state index contributed by atoms with van der Waals surface area (Å²) in [5.41, 5.74) is 1.10. The number of hydrogen-bond donors (Lipinski definition) is 1. The van der Waals surface area contributed by atoms with E-state index in [9.17, 15) is 5.11 Å². The van der Waals surface area contributed by atoms with Gasteiger partial charge in [-0.1, -0.05) is 70.1 Å². The molecule has 1 aromatic carbocycles. The maximum Gasteiger partial charge on any atom is 0.0800 e. The van der Waals surface area contributed by atoms with E-state index in [4.69, 9.17) is 0 Å². The van der Waals surface area contributed by atoms with Crippen molar-refractivity contribution in [3.05, 3.63) is 29.8 Å². The average molecular weight is 280 g/mol. The molecule has 1 unspecified atom stereocenters. The van der Waals surface area contributed by atoms with Crippen LogP contribution in [0, 0.1) is 0 Å². The normalized spacial score (nSPS) is 12.6. The Labute approximate surface area is 122 Å². The molecule has 0 saturated heterocycles. The van der Waals surface area contributed by atoms with Crippen LogP contribution in [0.1, 0.15) is 70.0 Å². The summed E-state index contributed by atoms with van der Waals surface area (Å²) < 4.78 is 0. The molecule has 1 nitrogen and oxygen atoms in total. The predicted molar refractivity (Wildman–Crippen MR) is 85.8 cm³/mol. The van der Waals surface area contributed by atoms with E-state index in [0.29, 0.717) is 0 Å². The average Bonchev–Trinajstić information content (AvgIpc) is 2.46. The first-order valence-electron chi connectivity index (χ1n) is 7.60. The van der Waals surface area contributed by atoms with Crippen LogP contribution < -0.4 is 0 Å². The highest BCUT2D eigenvalue weighted by atomic mass is 32.2. The van der Waals surface area contributed by atoms with E-state index >= 15 is 0 Å². The zero-order valence-corrected chi connectivity index (χ0v) is 13.2. The molecular weight excluding hydrogens is 252 g/mol. The topological polar surface area (TPSA) is 20.2 Å². The minimum absolute atomic E-state index is 0.292. The second-order valence-electron chi connectivity index (χ2n) is 5.17. The number of unbranched alkanes of at least 4 members (excludes halogenated alkanes) is 6. The Balaban J connectivity index is 2.22. The van der Waals surface area contributed by atoms with Gasteiger partial charge >= 0.3 is 0 Å². The van der Waals surface area contributed by atoms with Gasteiger partial charge in [0, 0.05) is 4.90 Å². The maximum atomic E-state index is 10.3. The third kappa shape index (κ3) is 6.49. The van der Waals surface area contributed by atoms with Gasteiger partial charge in [0.05, 0.1) is 6.10 Å². The van der Waals surface area contributed by atoms with Crippen LogP contribution in [0.2, 0.25) is 0 Å². The number of aliphatic hydroxyl groups is 1. The number of benzene rings is 1. The summed E-state index contributed by atoms with van der Waals surface area (Å²) in [6.07, 6.45) is 11.8. The van der Waals surface area contributed by atoms with Crippen molar-refractivity contribution in [3.63, 3.8) is 0 Å². The summed E-state index contributed by atoms with van der Waals surface area (Å²) in [6.45, 7) is 2.25. The minimum atomic E-state index is -0.292. The lowest BCUT2D eigenvalue weighted by Crippen LogP contribution is -1.99. The van der Waals surface area contributed by atoms with Crippen LogP contribution in [-0.4, -0.2) is 11.4 Å². The van der Waals surface area contributed by atoms with Crippen molar-refractivity contribution in [1.29, 1.82) is 0 Å². The second kappa shape index (κ2) is 10.3. The number of thioether (sulfide) groups is 1. The van der Waals surface area contributed by atoms with Gasteiger partial charge < -0.3 is 5.11 Å². The van der Waals surface area contributed by atoms with Gasteiger partial charge in [-0.15, -0.1) is 11.8 Å². The zero-order chi connectivity index (χ0) is 13.9. The third-order valence-corrected chi connectivity index (χ3v) is 4.39. The quantitative estimate of drug-likeness (QED) is 0.446. The highest BCUT2D eigenvalue weighted by Gasteiger charge is 2.10. The highest BCUT2D eigenvalue weighted by molar-refractivity contribution is 7.98. The van der Waals surface area contributed by atoms with Crippen LogP contribution in [0.5, 0.6) is 0 Å². The lowest BCUT2D eigenvalue weighted by Gasteiger charge is -2.14. The maximum absolute atomic E-state index is 10.3. The zero-order valence-electron chi connectivity index (χ0n) is 12.4. The van der Waals surface area contributed by atoms with Crippen LogP contribution in [0.15, 0.2) is 29.2 Å². The Hall–Kier alpha value is -0.470. The van der Waals surface area contributed by atoms with Crippen LogP contribution in [0.3, 0.4) is 0 Å². The van der Waals surface area contributed by atoms with Crippen molar-refractivity contribution in [2.24, 2.45) is 0 Å². The molecule has 19 heavy (non-hydrogen) atoms. The van der Waals surface area contributed by atoms with E-state index < -0.39 is 0 Å². The molecule has 0 aromatic heterocycles. The summed E-state index contributed by atoms with van der Waals surface area (Å²) in [7, 11) is 0. The van der Waals surface area contributed by atoms with Crippen molar-refractivity contribution in [2.75, 3.05) is 6.26 Å². The molecule has 1 rings (SSSR count). The Kier molecular flexibility index (Phi) is 9.02. The van der Waals surface area contributed by atoms with E-state index in [2.05, 4.69) is 25.3 Å². The summed E-state index contributed by atoms with van der Waals surface area (Å²) >= 11 is 1.72. The molecule has 0 radical (unpaired) electrons. The monoisotopic (exact) mass is 280 g/mol. The molecule has 0 aliphatic heterocycles. The van der Waals surface area contributed by atoms with E-state index in [1.54, 1.807) is 11.8 Å². The molecule has 1 aromatic rings. The number of aliphatic hydroxyl groups excluding tert-OH is 1. The fourth-order valence-corrected chi connectivity index (χ4v) is 3.05. The predicted octanol–water partition coefficient (Wildman–Crippen LogP) is 5.58. The summed E-state index contributed by atoms with van der Waals surface area (Å²) in [5, 5.41) is 10.3. The Morgan fingerprint density at radius 1 is 1.00 bits per heavy atom. The van der Waals surface area contributed by atoms with Crippen molar-refractivity contribution >= 4 is 11.8 Å². The van der Waals surface area contributed by atoms with Gasteiger partial charge in [0.15, 0.2) is 0 Å². The molecule has 0 spiro atoms. The lowest BCUT2D eigenvalue weighted by atomic mass is 10.0. The van der Waals surface area contributed by atoms with Gasteiger partial charge in [-0.2, -0.15) is 0 Å². The van der Waals surface area contributed by atoms with Crippen molar-refractivity contribution in [2.45, 2.75) is 69.3 Å². The Morgan fingerprint density at radius 2 is 1.63 bits per heavy atom. The molecule has 0 heterocycles. The molecule has 0 aliphatic rings. The van der Waals surface area contributed by atoms with E-state index in [0.717, 1.165) is 18.4 Å². The van der Waals surface area contributed by atoms with Crippen molar-refractivity contribution in [1.82, 2.24) is 0 Å². The molecule has 108 valence electrons. The van der Waals surface area contributed by atoms with Gasteiger partial charge in [-0.3, -0.25) is 0 Å². The van der Waals surface area contributed by atoms with Crippen LogP contribution in [0.25, 0.3) is 0 Å². The summed E-state index contributed by atoms with van der Waals surface area (Å²) in [6, 6.07) is 8.20. The summed E-state index contributed by atoms with van der Waals surface area (Å²) in [4.78, 5) is 1.21. The highest BCUT2D eigenvalue weighted by Crippen LogP contribution is 2.28. The fraction of sp³-hybridized carbons (Fsp3) is 0.647. The molecule has 1 N–H and O–H groups in total. The minimum Gasteiger partial charge on any atom is -0.388 e. The van der Waals surface area contributed by atoms with Gasteiger partial charge in [0.1, 0.15) is 0 Å². The first kappa shape index (κ1) is 16.6. The molecule has 0 fully saturated rings. The first-order valence-corrected chi connectivity index (χ1v) is 8.83. The smallest absolute Gasteiger partial charge is 0.0800 e. The Bertz CT molecular complexity index is 338. The Morgan fingerprint density at radius 3 is 2.32 bits per heavy atom. The molecule has 2 heteroatoms. The van der Waals surface area contributed by atoms with Crippen molar-refractivity contribution < 1.29 is 5.11 Å². The fourth-order valence-electron chi connectivity index (χ4n) is 2.39. The largest absolute Gasteiger partial charge is 0.388 e. The molecule has 0 amide bonds. The molecule has 0 aliphatic carbocycles. The SMILES string of the molecule is CCCCCCCCCC(O)c1ccccc1SC. The van der Waals surface area contributed by atoms with Gasteiger partial charge in [-0.25, -0.2) is 0 Å². The van der Waals surface area contributed by atoms with Gasteiger partial charge in [0.2, 0.25) is 0 Å².